The van der Waals surface area contributed by atoms with E-state index in [0.717, 1.165) is 45.4 Å². The molecule has 5 heteroatoms. The van der Waals surface area contributed by atoms with Gasteiger partial charge in [0.15, 0.2) is 0 Å². The van der Waals surface area contributed by atoms with Crippen LogP contribution in [0.2, 0.25) is 0 Å². The number of rotatable bonds is 3. The lowest BCUT2D eigenvalue weighted by Crippen LogP contribution is -2.31. The first-order chi connectivity index (χ1) is 8.84. The van der Waals surface area contributed by atoms with Crippen LogP contribution in [-0.4, -0.2) is 46.5 Å². The summed E-state index contributed by atoms with van der Waals surface area (Å²) in [7, 11) is 0. The van der Waals surface area contributed by atoms with Crippen molar-refractivity contribution >= 4 is 5.91 Å². The second kappa shape index (κ2) is 5.10. The summed E-state index contributed by atoms with van der Waals surface area (Å²) in [5.41, 5.74) is 1.20. The summed E-state index contributed by atoms with van der Waals surface area (Å²) in [6.45, 7) is 4.37. The highest BCUT2D eigenvalue weighted by Gasteiger charge is 2.23. The summed E-state index contributed by atoms with van der Waals surface area (Å²) >= 11 is 0. The van der Waals surface area contributed by atoms with Crippen LogP contribution >= 0.6 is 0 Å². The Hall–Kier alpha value is -1.36. The summed E-state index contributed by atoms with van der Waals surface area (Å²) in [4.78, 5) is 18.3. The second-order valence-electron chi connectivity index (χ2n) is 5.22. The molecular formula is C13H20N4O. The fraction of sp³-hybridized carbons (Fsp3) is 0.692. The van der Waals surface area contributed by atoms with Crippen LogP contribution in [0.5, 0.6) is 0 Å². The van der Waals surface area contributed by atoms with Crippen LogP contribution in [0.1, 0.15) is 30.9 Å². The van der Waals surface area contributed by atoms with E-state index in [4.69, 9.17) is 0 Å². The summed E-state index contributed by atoms with van der Waals surface area (Å²) in [5, 5.41) is 3.36. The van der Waals surface area contributed by atoms with Gasteiger partial charge in [0, 0.05) is 37.4 Å². The van der Waals surface area contributed by atoms with Gasteiger partial charge in [-0.25, -0.2) is 4.98 Å². The largest absolute Gasteiger partial charge is 0.341 e. The zero-order chi connectivity index (χ0) is 12.4. The van der Waals surface area contributed by atoms with Gasteiger partial charge in [-0.05, 0) is 25.8 Å². The fourth-order valence-corrected chi connectivity index (χ4v) is 2.92. The van der Waals surface area contributed by atoms with Crippen molar-refractivity contribution in [2.75, 3.05) is 26.2 Å². The van der Waals surface area contributed by atoms with Crippen molar-refractivity contribution in [2.45, 2.75) is 31.7 Å². The van der Waals surface area contributed by atoms with Crippen molar-refractivity contribution in [3.63, 3.8) is 0 Å². The Bertz CT molecular complexity index is 416. The number of nitrogens with one attached hydrogen (secondary N) is 1. The van der Waals surface area contributed by atoms with Gasteiger partial charge < -0.3 is 14.8 Å². The van der Waals surface area contributed by atoms with Gasteiger partial charge in [-0.15, -0.1) is 0 Å². The molecule has 0 radical (unpaired) electrons. The number of amides is 1. The van der Waals surface area contributed by atoms with Crippen molar-refractivity contribution in [3.8, 4) is 0 Å². The number of hydrogen-bond donors (Lipinski definition) is 1. The molecule has 2 aliphatic heterocycles. The highest BCUT2D eigenvalue weighted by Crippen LogP contribution is 2.22. The van der Waals surface area contributed by atoms with E-state index in [0.29, 0.717) is 12.5 Å². The molecule has 2 fully saturated rings. The molecule has 1 unspecified atom stereocenters. The third kappa shape index (κ3) is 2.27. The van der Waals surface area contributed by atoms with E-state index in [1.165, 1.54) is 5.69 Å². The summed E-state index contributed by atoms with van der Waals surface area (Å²) in [6.07, 6.45) is 7.14. The highest BCUT2D eigenvalue weighted by atomic mass is 16.2. The average Bonchev–Trinajstić information content (AvgIpc) is 3.11. The Morgan fingerprint density at radius 3 is 3.00 bits per heavy atom. The lowest BCUT2D eigenvalue weighted by molar-refractivity contribution is -0.130. The van der Waals surface area contributed by atoms with E-state index >= 15 is 0 Å². The predicted octanol–water partition coefficient (Wildman–Crippen LogP) is 0.582. The fourth-order valence-electron chi connectivity index (χ4n) is 2.92. The average molecular weight is 248 g/mol. The van der Waals surface area contributed by atoms with Crippen LogP contribution < -0.4 is 5.32 Å². The van der Waals surface area contributed by atoms with Crippen molar-refractivity contribution in [1.82, 2.24) is 19.8 Å². The minimum Gasteiger partial charge on any atom is -0.341 e. The van der Waals surface area contributed by atoms with Crippen LogP contribution in [0, 0.1) is 0 Å². The number of carbonyl (C=O) groups excluding carboxylic acids is 1. The Labute approximate surface area is 107 Å². The Balaban J connectivity index is 1.68. The monoisotopic (exact) mass is 248 g/mol. The van der Waals surface area contributed by atoms with Crippen molar-refractivity contribution in [3.05, 3.63) is 18.2 Å². The molecular weight excluding hydrogens is 228 g/mol. The molecule has 1 N–H and O–H groups in total. The molecule has 1 amide bonds. The third-order valence-corrected chi connectivity index (χ3v) is 3.99. The topological polar surface area (TPSA) is 50.2 Å². The zero-order valence-electron chi connectivity index (χ0n) is 10.6. The first-order valence-corrected chi connectivity index (χ1v) is 6.83. The number of carbonyl (C=O) groups is 1. The van der Waals surface area contributed by atoms with Gasteiger partial charge in [0.2, 0.25) is 5.91 Å². The minimum atomic E-state index is 0.234. The molecule has 18 heavy (non-hydrogen) atoms. The Morgan fingerprint density at radius 1 is 1.44 bits per heavy atom. The van der Waals surface area contributed by atoms with Crippen LogP contribution in [-0.2, 0) is 11.3 Å². The molecule has 98 valence electrons. The third-order valence-electron chi connectivity index (χ3n) is 3.99. The molecule has 0 bridgehead atoms. The Kier molecular flexibility index (Phi) is 3.32. The van der Waals surface area contributed by atoms with E-state index in [2.05, 4.69) is 10.3 Å². The van der Waals surface area contributed by atoms with E-state index in [9.17, 15) is 4.79 Å². The van der Waals surface area contributed by atoms with Crippen LogP contribution in [0.25, 0.3) is 0 Å². The van der Waals surface area contributed by atoms with Gasteiger partial charge in [0.1, 0.15) is 6.54 Å². The normalized spacial score (nSPS) is 23.8. The number of aromatic nitrogens is 2. The van der Waals surface area contributed by atoms with Crippen LogP contribution in [0.3, 0.4) is 0 Å². The maximum absolute atomic E-state index is 12.1. The minimum absolute atomic E-state index is 0.234. The summed E-state index contributed by atoms with van der Waals surface area (Å²) in [6, 6.07) is 0. The number of imidazole rings is 1. The molecule has 3 heterocycles. The second-order valence-corrected chi connectivity index (χ2v) is 5.22. The van der Waals surface area contributed by atoms with E-state index in [-0.39, 0.29) is 5.91 Å². The van der Waals surface area contributed by atoms with Gasteiger partial charge in [0.05, 0.1) is 6.33 Å². The molecule has 1 atom stereocenters. The van der Waals surface area contributed by atoms with Gasteiger partial charge in [-0.3, -0.25) is 4.79 Å². The molecule has 2 aliphatic rings. The molecule has 2 saturated heterocycles. The van der Waals surface area contributed by atoms with E-state index < -0.39 is 0 Å². The smallest absolute Gasteiger partial charge is 0.242 e. The number of hydrogen-bond acceptors (Lipinski definition) is 3. The van der Waals surface area contributed by atoms with Crippen molar-refractivity contribution < 1.29 is 4.79 Å². The van der Waals surface area contributed by atoms with Gasteiger partial charge >= 0.3 is 0 Å². The maximum atomic E-state index is 12.1. The molecule has 0 spiro atoms. The van der Waals surface area contributed by atoms with E-state index in [1.807, 2.05) is 15.7 Å². The first kappa shape index (κ1) is 11.7. The van der Waals surface area contributed by atoms with Crippen LogP contribution in [0.15, 0.2) is 12.5 Å². The quantitative estimate of drug-likeness (QED) is 0.851. The van der Waals surface area contributed by atoms with Gasteiger partial charge in [0.25, 0.3) is 0 Å². The van der Waals surface area contributed by atoms with Gasteiger partial charge in [-0.2, -0.15) is 0 Å². The molecule has 0 aromatic carbocycles. The summed E-state index contributed by atoms with van der Waals surface area (Å²) in [5.74, 6) is 0.747. The molecule has 3 rings (SSSR count). The first-order valence-electron chi connectivity index (χ1n) is 6.83. The SMILES string of the molecule is O=C(Cn1cncc1C1CCNC1)N1CCCC1. The van der Waals surface area contributed by atoms with Crippen molar-refractivity contribution in [1.29, 1.82) is 0 Å². The zero-order valence-corrected chi connectivity index (χ0v) is 10.6. The number of likely N-dealkylation sites (tertiary alicyclic amines) is 1. The maximum Gasteiger partial charge on any atom is 0.242 e. The predicted molar refractivity (Wildman–Crippen MR) is 68.3 cm³/mol. The Morgan fingerprint density at radius 2 is 2.28 bits per heavy atom. The van der Waals surface area contributed by atoms with E-state index in [1.54, 1.807) is 6.33 Å². The number of nitrogens with zero attached hydrogens (tertiary/aromatic N) is 3. The highest BCUT2D eigenvalue weighted by molar-refractivity contribution is 5.76. The molecule has 0 saturated carbocycles. The molecule has 1 aromatic rings. The van der Waals surface area contributed by atoms with Crippen LogP contribution in [0.4, 0.5) is 0 Å². The lowest BCUT2D eigenvalue weighted by atomic mass is 10.1. The molecule has 0 aliphatic carbocycles. The standard InChI is InChI=1S/C13H20N4O/c18-13(16-5-1-2-6-16)9-17-10-15-8-12(17)11-3-4-14-7-11/h8,10-11,14H,1-7,9H2. The lowest BCUT2D eigenvalue weighted by Gasteiger charge is -2.18. The van der Waals surface area contributed by atoms with Gasteiger partial charge in [-0.1, -0.05) is 0 Å². The van der Waals surface area contributed by atoms with Crippen molar-refractivity contribution in [2.24, 2.45) is 0 Å². The molecule has 1 aromatic heterocycles. The molecule has 5 nitrogen and oxygen atoms in total. The summed E-state index contributed by atoms with van der Waals surface area (Å²) < 4.78 is 2.03.